The van der Waals surface area contributed by atoms with E-state index in [2.05, 4.69) is 19.1 Å². The molecule has 0 unspecified atom stereocenters. The van der Waals surface area contributed by atoms with Crippen molar-refractivity contribution in [1.82, 2.24) is 4.57 Å². The molecule has 0 bridgehead atoms. The summed E-state index contributed by atoms with van der Waals surface area (Å²) >= 11 is 0. The first-order valence-corrected chi connectivity index (χ1v) is 7.07. The highest BCUT2D eigenvalue weighted by Gasteiger charge is 2.04. The average molecular weight is 285 g/mol. The Morgan fingerprint density at radius 2 is 1.86 bits per heavy atom. The summed E-state index contributed by atoms with van der Waals surface area (Å²) in [5, 5.41) is 8.79. The van der Waals surface area contributed by atoms with Crippen molar-refractivity contribution in [2.24, 2.45) is 0 Å². The molecule has 1 heterocycles. The summed E-state index contributed by atoms with van der Waals surface area (Å²) in [4.78, 5) is 22.3. The van der Waals surface area contributed by atoms with Crippen LogP contribution in [0.4, 0.5) is 4.79 Å². The van der Waals surface area contributed by atoms with E-state index in [1.165, 1.54) is 23.4 Å². The first-order chi connectivity index (χ1) is 10.1. The summed E-state index contributed by atoms with van der Waals surface area (Å²) in [6.07, 6.45) is 3.92. The van der Waals surface area contributed by atoms with Crippen LogP contribution in [0.3, 0.4) is 0 Å². The second-order valence-electron chi connectivity index (χ2n) is 5.16. The molecule has 0 saturated carbocycles. The van der Waals surface area contributed by atoms with E-state index in [0.717, 1.165) is 31.2 Å². The lowest BCUT2D eigenvalue weighted by molar-refractivity contribution is 0.195. The van der Waals surface area contributed by atoms with Crippen LogP contribution in [0.25, 0.3) is 0 Å². The van der Waals surface area contributed by atoms with Crippen LogP contribution < -0.4 is 5.56 Å². The van der Waals surface area contributed by atoms with Crippen molar-refractivity contribution in [2.45, 2.75) is 32.6 Å². The zero-order chi connectivity index (χ0) is 15.2. The Morgan fingerprint density at radius 1 is 1.14 bits per heavy atom. The molecular formula is C17H19NO3. The van der Waals surface area contributed by atoms with Crippen LogP contribution >= 0.6 is 0 Å². The normalized spacial score (nSPS) is 10.5. The quantitative estimate of drug-likeness (QED) is 0.858. The first-order valence-electron chi connectivity index (χ1n) is 7.07. The Balaban J connectivity index is 1.87. The van der Waals surface area contributed by atoms with E-state index in [-0.39, 0.29) is 0 Å². The number of rotatable bonds is 5. The van der Waals surface area contributed by atoms with Gasteiger partial charge in [-0.1, -0.05) is 24.3 Å². The van der Waals surface area contributed by atoms with Crippen LogP contribution in [0.5, 0.6) is 0 Å². The van der Waals surface area contributed by atoms with E-state index in [0.29, 0.717) is 4.57 Å². The van der Waals surface area contributed by atoms with Crippen molar-refractivity contribution < 1.29 is 9.90 Å². The Labute approximate surface area is 123 Å². The second-order valence-corrected chi connectivity index (χ2v) is 5.16. The van der Waals surface area contributed by atoms with Crippen LogP contribution in [0.1, 0.15) is 29.5 Å². The molecule has 2 rings (SSSR count). The number of unbranched alkanes of at least 4 members (excludes halogenated alkanes) is 1. The second kappa shape index (κ2) is 6.88. The lowest BCUT2D eigenvalue weighted by atomic mass is 10.0. The molecule has 21 heavy (non-hydrogen) atoms. The van der Waals surface area contributed by atoms with Gasteiger partial charge in [0, 0.05) is 12.3 Å². The highest BCUT2D eigenvalue weighted by molar-refractivity contribution is 5.67. The smallest absolute Gasteiger partial charge is 0.418 e. The fraction of sp³-hybridized carbons (Fsp3) is 0.294. The molecule has 4 nitrogen and oxygen atoms in total. The Kier molecular flexibility index (Phi) is 4.93. The monoisotopic (exact) mass is 285 g/mol. The lowest BCUT2D eigenvalue weighted by Crippen LogP contribution is -2.24. The van der Waals surface area contributed by atoms with E-state index in [1.54, 1.807) is 6.07 Å². The van der Waals surface area contributed by atoms with Gasteiger partial charge in [-0.3, -0.25) is 4.79 Å². The Bertz CT molecular complexity index is 688. The maximum Gasteiger partial charge on any atom is 0.418 e. The molecule has 0 spiro atoms. The number of nitrogens with zero attached hydrogens (tertiary/aromatic N) is 1. The van der Waals surface area contributed by atoms with Crippen molar-refractivity contribution in [3.63, 3.8) is 0 Å². The summed E-state index contributed by atoms with van der Waals surface area (Å²) in [6, 6.07) is 11.4. The molecule has 0 radical (unpaired) electrons. The van der Waals surface area contributed by atoms with Gasteiger partial charge in [-0.25, -0.2) is 9.36 Å². The Hall–Kier alpha value is -2.36. The molecule has 1 aromatic carbocycles. The zero-order valence-corrected chi connectivity index (χ0v) is 12.1. The molecule has 0 saturated heterocycles. The molecule has 0 aliphatic rings. The third kappa shape index (κ3) is 4.05. The maximum absolute atomic E-state index is 11.6. The predicted molar refractivity (Wildman–Crippen MR) is 81.9 cm³/mol. The Morgan fingerprint density at radius 3 is 2.52 bits per heavy atom. The minimum absolute atomic E-state index is 0.487. The maximum atomic E-state index is 11.6. The lowest BCUT2D eigenvalue weighted by Gasteiger charge is -2.06. The van der Waals surface area contributed by atoms with Gasteiger partial charge < -0.3 is 5.11 Å². The number of pyridine rings is 1. The van der Waals surface area contributed by atoms with E-state index >= 15 is 0 Å². The third-order valence-corrected chi connectivity index (χ3v) is 3.61. The van der Waals surface area contributed by atoms with Gasteiger partial charge in [0.05, 0.1) is 0 Å². The minimum atomic E-state index is -1.24. The van der Waals surface area contributed by atoms with Gasteiger partial charge in [0.2, 0.25) is 0 Å². The number of hydrogen-bond acceptors (Lipinski definition) is 2. The van der Waals surface area contributed by atoms with Crippen molar-refractivity contribution in [1.29, 1.82) is 0 Å². The van der Waals surface area contributed by atoms with Crippen LogP contribution in [0, 0.1) is 6.92 Å². The molecule has 110 valence electrons. The van der Waals surface area contributed by atoms with Crippen LogP contribution in [-0.2, 0) is 12.8 Å². The summed E-state index contributed by atoms with van der Waals surface area (Å²) in [6.45, 7) is 2.11. The van der Waals surface area contributed by atoms with E-state index in [4.69, 9.17) is 5.11 Å². The number of aromatic nitrogens is 1. The van der Waals surface area contributed by atoms with Crippen molar-refractivity contribution in [2.75, 3.05) is 0 Å². The number of carbonyl (C=O) groups is 1. The summed E-state index contributed by atoms with van der Waals surface area (Å²) < 4.78 is 0.691. The van der Waals surface area contributed by atoms with Crippen molar-refractivity contribution >= 4 is 6.09 Å². The molecule has 4 heteroatoms. The molecule has 0 aliphatic heterocycles. The van der Waals surface area contributed by atoms with Gasteiger partial charge in [0.15, 0.2) is 0 Å². The summed E-state index contributed by atoms with van der Waals surface area (Å²) in [5.41, 5.74) is 3.07. The summed E-state index contributed by atoms with van der Waals surface area (Å²) in [7, 11) is 0. The van der Waals surface area contributed by atoms with E-state index in [1.807, 2.05) is 12.1 Å². The molecule has 0 atom stereocenters. The highest BCUT2D eigenvalue weighted by atomic mass is 16.4. The topological polar surface area (TPSA) is 59.3 Å². The molecule has 2 aromatic rings. The minimum Gasteiger partial charge on any atom is -0.464 e. The first kappa shape index (κ1) is 15.0. The van der Waals surface area contributed by atoms with Gasteiger partial charge in [-0.2, -0.15) is 0 Å². The number of aryl methyl sites for hydroxylation is 3. The van der Waals surface area contributed by atoms with Gasteiger partial charge in [-0.05, 0) is 55.4 Å². The highest BCUT2D eigenvalue weighted by Crippen LogP contribution is 2.12. The van der Waals surface area contributed by atoms with E-state index < -0.39 is 11.7 Å². The molecular weight excluding hydrogens is 266 g/mol. The van der Waals surface area contributed by atoms with Crippen LogP contribution in [0.2, 0.25) is 0 Å². The third-order valence-electron chi connectivity index (χ3n) is 3.61. The van der Waals surface area contributed by atoms with Crippen LogP contribution in [0.15, 0.2) is 47.4 Å². The van der Waals surface area contributed by atoms with Crippen molar-refractivity contribution in [3.8, 4) is 0 Å². The fourth-order valence-electron chi connectivity index (χ4n) is 2.37. The van der Waals surface area contributed by atoms with Gasteiger partial charge in [-0.15, -0.1) is 0 Å². The largest absolute Gasteiger partial charge is 0.464 e. The van der Waals surface area contributed by atoms with Crippen molar-refractivity contribution in [3.05, 3.63) is 69.6 Å². The van der Waals surface area contributed by atoms with Crippen LogP contribution in [-0.4, -0.2) is 15.8 Å². The van der Waals surface area contributed by atoms with Gasteiger partial charge in [0.25, 0.3) is 5.56 Å². The average Bonchev–Trinajstić information content (AvgIpc) is 2.45. The molecule has 0 amide bonds. The number of hydrogen-bond donors (Lipinski definition) is 1. The standard InChI is InChI=1S/C17H19NO3/c1-13-6-2-4-8-15(13)9-5-3-7-14-10-11-18(17(20)21)16(19)12-14/h2,4,6,8,10-12H,3,5,7,9H2,1H3,(H,20,21). The zero-order valence-electron chi connectivity index (χ0n) is 12.1. The van der Waals surface area contributed by atoms with Gasteiger partial charge >= 0.3 is 6.09 Å². The molecule has 1 aromatic heterocycles. The number of carboxylic acid groups (broad SMARTS) is 1. The van der Waals surface area contributed by atoms with Gasteiger partial charge in [0.1, 0.15) is 0 Å². The summed E-state index contributed by atoms with van der Waals surface area (Å²) in [5.74, 6) is 0. The molecule has 1 N–H and O–H groups in total. The molecule has 0 fully saturated rings. The fourth-order valence-corrected chi connectivity index (χ4v) is 2.37. The molecule has 0 aliphatic carbocycles. The van der Waals surface area contributed by atoms with E-state index in [9.17, 15) is 9.59 Å². The SMILES string of the molecule is Cc1ccccc1CCCCc1ccn(C(=O)O)c(=O)c1. The number of benzene rings is 1. The predicted octanol–water partition coefficient (Wildman–Crippen LogP) is 3.25.